The maximum Gasteiger partial charge on any atom is 0.152 e. The maximum atomic E-state index is 15.8. The number of nitrogens with zero attached hydrogens (tertiary/aromatic N) is 4. The van der Waals surface area contributed by atoms with Crippen LogP contribution >= 0.6 is 0 Å². The summed E-state index contributed by atoms with van der Waals surface area (Å²) in [6.07, 6.45) is 4.37. The van der Waals surface area contributed by atoms with Crippen LogP contribution in [0.2, 0.25) is 0 Å². The van der Waals surface area contributed by atoms with Crippen molar-refractivity contribution in [2.24, 2.45) is 17.9 Å². The van der Waals surface area contributed by atoms with Crippen molar-refractivity contribution in [3.05, 3.63) is 64.9 Å². The normalized spacial score (nSPS) is 14.6. The predicted octanol–water partition coefficient (Wildman–Crippen LogP) is 3.68. The van der Waals surface area contributed by atoms with Crippen LogP contribution in [0.1, 0.15) is 35.1 Å². The Labute approximate surface area is 205 Å². The fraction of sp³-hybridized carbons (Fsp3) is 0.192. The van der Waals surface area contributed by atoms with E-state index in [0.29, 0.717) is 33.7 Å². The molecule has 10 heteroatoms. The molecule has 0 radical (unpaired) electrons. The summed E-state index contributed by atoms with van der Waals surface area (Å²) in [5, 5.41) is 18.5. The molecule has 0 spiro atoms. The lowest BCUT2D eigenvalue weighted by Gasteiger charge is -2.19. The summed E-state index contributed by atoms with van der Waals surface area (Å²) in [5.74, 6) is 1.24. The molecule has 2 aliphatic rings. The Bertz CT molecular complexity index is 1540. The number of halogens is 2. The van der Waals surface area contributed by atoms with Gasteiger partial charge in [0.25, 0.3) is 0 Å². The number of hydrazone groups is 1. The number of benzene rings is 2. The highest BCUT2D eigenvalue weighted by atomic mass is 19.1. The van der Waals surface area contributed by atoms with E-state index in [9.17, 15) is 14.4 Å². The van der Waals surface area contributed by atoms with E-state index in [-0.39, 0.29) is 47.1 Å². The van der Waals surface area contributed by atoms with Crippen LogP contribution in [0.5, 0.6) is 5.75 Å². The molecule has 36 heavy (non-hydrogen) atoms. The summed E-state index contributed by atoms with van der Waals surface area (Å²) in [5.41, 5.74) is 11.7. The fourth-order valence-corrected chi connectivity index (χ4v) is 4.23. The second kappa shape index (κ2) is 9.23. The minimum Gasteiger partial charge on any atom is -0.489 e. The molecule has 1 aliphatic carbocycles. The number of hydrogen-bond acceptors (Lipinski definition) is 7. The van der Waals surface area contributed by atoms with Gasteiger partial charge < -0.3 is 10.5 Å². The Balaban J connectivity index is 1.75. The van der Waals surface area contributed by atoms with Gasteiger partial charge >= 0.3 is 0 Å². The number of ether oxygens (including phenoxy) is 1. The van der Waals surface area contributed by atoms with E-state index in [1.807, 2.05) is 5.94 Å². The van der Waals surface area contributed by atoms with Gasteiger partial charge in [0.15, 0.2) is 5.94 Å². The van der Waals surface area contributed by atoms with Crippen LogP contribution in [0.15, 0.2) is 41.9 Å². The standard InChI is InChI=1S/C26H20F2N6O2/c1-34-26(24-19(10-29)23(36-16-3-4-16)9-15(6-7-27)25(24)28)20(12-31-34)14-2-5-17-18(8-14)21(11-30)32-33-22(17)13-35/h2,5-9,12,16,33H,3-4,11,30H2,1H3/b7-6+. The van der Waals surface area contributed by atoms with E-state index < -0.39 is 5.82 Å². The summed E-state index contributed by atoms with van der Waals surface area (Å²) >= 11 is 0. The monoisotopic (exact) mass is 486 g/mol. The summed E-state index contributed by atoms with van der Waals surface area (Å²) in [6.45, 7) is 0.113. The van der Waals surface area contributed by atoms with Crippen molar-refractivity contribution in [2.75, 3.05) is 6.54 Å². The first-order valence-corrected chi connectivity index (χ1v) is 11.2. The molecule has 1 aliphatic heterocycles. The maximum absolute atomic E-state index is 15.8. The lowest BCUT2D eigenvalue weighted by Crippen LogP contribution is -2.25. The highest BCUT2D eigenvalue weighted by Gasteiger charge is 2.30. The van der Waals surface area contributed by atoms with Gasteiger partial charge in [-0.3, -0.25) is 10.1 Å². The second-order valence-electron chi connectivity index (χ2n) is 8.39. The van der Waals surface area contributed by atoms with Crippen LogP contribution in [0.25, 0.3) is 34.2 Å². The highest BCUT2D eigenvalue weighted by molar-refractivity contribution is 6.10. The summed E-state index contributed by atoms with van der Waals surface area (Å²) < 4.78 is 36.3. The number of nitriles is 1. The van der Waals surface area contributed by atoms with Gasteiger partial charge in [-0.05, 0) is 36.6 Å². The van der Waals surface area contributed by atoms with Crippen LogP contribution in [-0.4, -0.2) is 34.1 Å². The molecule has 1 saturated carbocycles. The number of rotatable bonds is 6. The number of aromatic nitrogens is 2. The lowest BCUT2D eigenvalue weighted by molar-refractivity contribution is 0.302. The molecule has 1 aromatic heterocycles. The molecular formula is C26H20F2N6O2. The zero-order valence-corrected chi connectivity index (χ0v) is 19.2. The molecule has 0 saturated heterocycles. The van der Waals surface area contributed by atoms with Crippen molar-refractivity contribution in [3.63, 3.8) is 0 Å². The molecule has 180 valence electrons. The number of nitrogens with one attached hydrogen (secondary N) is 1. The van der Waals surface area contributed by atoms with E-state index in [1.54, 1.807) is 31.4 Å². The Kier molecular flexibility index (Phi) is 5.94. The molecule has 1 fully saturated rings. The average molecular weight is 486 g/mol. The van der Waals surface area contributed by atoms with E-state index in [2.05, 4.69) is 21.7 Å². The Hall–Kier alpha value is -4.58. The summed E-state index contributed by atoms with van der Waals surface area (Å²) in [6, 6.07) is 8.64. The third-order valence-corrected chi connectivity index (χ3v) is 6.11. The van der Waals surface area contributed by atoms with Crippen molar-refractivity contribution in [1.29, 1.82) is 5.26 Å². The molecule has 0 atom stereocenters. The van der Waals surface area contributed by atoms with Gasteiger partial charge in [0.1, 0.15) is 28.9 Å². The number of fused-ring (bicyclic) bond motifs is 1. The van der Waals surface area contributed by atoms with Crippen LogP contribution in [0.3, 0.4) is 0 Å². The SMILES string of the molecule is Cn1ncc(-c2ccc3c(c2)C(CN)=NNC3=C=O)c1-c1c(F)c(/C=C/F)cc(OC2CC2)c1C#N. The van der Waals surface area contributed by atoms with Gasteiger partial charge in [0, 0.05) is 35.8 Å². The molecule has 3 aromatic rings. The van der Waals surface area contributed by atoms with E-state index >= 15 is 4.39 Å². The molecule has 0 amide bonds. The quantitative estimate of drug-likeness (QED) is 0.513. The molecule has 0 bridgehead atoms. The van der Waals surface area contributed by atoms with Gasteiger partial charge in [0.2, 0.25) is 0 Å². The smallest absolute Gasteiger partial charge is 0.152 e. The first-order valence-electron chi connectivity index (χ1n) is 11.2. The van der Waals surface area contributed by atoms with Crippen LogP contribution < -0.4 is 15.9 Å². The predicted molar refractivity (Wildman–Crippen MR) is 130 cm³/mol. The van der Waals surface area contributed by atoms with Crippen molar-refractivity contribution in [3.8, 4) is 34.2 Å². The minimum atomic E-state index is -0.772. The zero-order chi connectivity index (χ0) is 25.4. The molecule has 5 rings (SSSR count). The Morgan fingerprint density at radius 3 is 2.78 bits per heavy atom. The molecule has 3 N–H and O–H groups in total. The highest BCUT2D eigenvalue weighted by Crippen LogP contribution is 2.42. The van der Waals surface area contributed by atoms with E-state index in [0.717, 1.165) is 18.9 Å². The number of aryl methyl sites for hydroxylation is 1. The van der Waals surface area contributed by atoms with Gasteiger partial charge in [0.05, 0.1) is 35.6 Å². The molecular weight excluding hydrogens is 466 g/mol. The van der Waals surface area contributed by atoms with Crippen LogP contribution in [0.4, 0.5) is 8.78 Å². The Morgan fingerprint density at radius 1 is 1.31 bits per heavy atom. The molecule has 2 heterocycles. The topological polar surface area (TPSA) is 118 Å². The first-order chi connectivity index (χ1) is 17.5. The first kappa shape index (κ1) is 23.2. The van der Waals surface area contributed by atoms with Crippen molar-refractivity contribution < 1.29 is 18.3 Å². The van der Waals surface area contributed by atoms with Crippen molar-refractivity contribution in [1.82, 2.24) is 15.2 Å². The summed E-state index contributed by atoms with van der Waals surface area (Å²) in [4.78, 5) is 11.4. The third kappa shape index (κ3) is 3.86. The zero-order valence-electron chi connectivity index (χ0n) is 19.2. The largest absolute Gasteiger partial charge is 0.489 e. The van der Waals surface area contributed by atoms with E-state index in [1.165, 1.54) is 10.7 Å². The molecule has 8 nitrogen and oxygen atoms in total. The van der Waals surface area contributed by atoms with Crippen LogP contribution in [0, 0.1) is 17.1 Å². The minimum absolute atomic E-state index is 0.00203. The molecule has 2 aromatic carbocycles. The second-order valence-corrected chi connectivity index (χ2v) is 8.39. The van der Waals surface area contributed by atoms with Crippen LogP contribution in [-0.2, 0) is 11.8 Å². The third-order valence-electron chi connectivity index (χ3n) is 6.11. The van der Waals surface area contributed by atoms with Gasteiger partial charge in [-0.1, -0.05) is 12.1 Å². The van der Waals surface area contributed by atoms with Gasteiger partial charge in [-0.2, -0.15) is 15.5 Å². The average Bonchev–Trinajstić information content (AvgIpc) is 3.63. The van der Waals surface area contributed by atoms with E-state index in [4.69, 9.17) is 10.5 Å². The summed E-state index contributed by atoms with van der Waals surface area (Å²) in [7, 11) is 1.63. The van der Waals surface area contributed by atoms with Gasteiger partial charge in [-0.15, -0.1) is 0 Å². The van der Waals surface area contributed by atoms with Crippen molar-refractivity contribution in [2.45, 2.75) is 18.9 Å². The number of nitrogens with two attached hydrogens (primary N) is 1. The number of hydrogen-bond donors (Lipinski definition) is 2. The van der Waals surface area contributed by atoms with Gasteiger partial charge in [-0.25, -0.2) is 13.6 Å². The van der Waals surface area contributed by atoms with Crippen molar-refractivity contribution >= 4 is 23.4 Å². The fourth-order valence-electron chi connectivity index (χ4n) is 4.23. The number of carbonyl (C=O) groups excluding carboxylic acids is 1. The Morgan fingerprint density at radius 2 is 2.11 bits per heavy atom. The lowest BCUT2D eigenvalue weighted by atomic mass is 9.91. The molecule has 0 unspecified atom stereocenters.